The van der Waals surface area contributed by atoms with Crippen LogP contribution in [-0.4, -0.2) is 55.5 Å². The van der Waals surface area contributed by atoms with Crippen LogP contribution < -0.4 is 5.32 Å². The van der Waals surface area contributed by atoms with E-state index < -0.39 is 0 Å². The predicted molar refractivity (Wildman–Crippen MR) is 72.9 cm³/mol. The van der Waals surface area contributed by atoms with Gasteiger partial charge in [-0.15, -0.1) is 0 Å². The summed E-state index contributed by atoms with van der Waals surface area (Å²) in [5.74, 6) is 0. The Bertz CT molecular complexity index is 347. The van der Waals surface area contributed by atoms with E-state index >= 15 is 0 Å². The number of anilines is 1. The first-order valence-electron chi connectivity index (χ1n) is 6.53. The number of morpholine rings is 1. The average molecular weight is 250 g/mol. The van der Waals surface area contributed by atoms with Crippen LogP contribution >= 0.6 is 0 Å². The van der Waals surface area contributed by atoms with Crippen molar-refractivity contribution in [1.82, 2.24) is 4.90 Å². The Kier molecular flexibility index (Phi) is 4.99. The lowest BCUT2D eigenvalue weighted by atomic mass is 10.2. The van der Waals surface area contributed by atoms with Gasteiger partial charge in [0, 0.05) is 31.9 Å². The summed E-state index contributed by atoms with van der Waals surface area (Å²) in [4.78, 5) is 2.24. The molecule has 0 amide bonds. The van der Waals surface area contributed by atoms with Crippen molar-refractivity contribution in [2.24, 2.45) is 0 Å². The van der Waals surface area contributed by atoms with Gasteiger partial charge in [0.25, 0.3) is 0 Å². The minimum Gasteiger partial charge on any atom is -0.390 e. The smallest absolute Gasteiger partial charge is 0.0839 e. The molecular formula is C14H22N2O2. The van der Waals surface area contributed by atoms with Crippen LogP contribution in [0.4, 0.5) is 5.69 Å². The van der Waals surface area contributed by atoms with Crippen molar-refractivity contribution >= 4 is 5.69 Å². The van der Waals surface area contributed by atoms with Crippen LogP contribution in [-0.2, 0) is 4.74 Å². The molecule has 1 aliphatic heterocycles. The first-order chi connectivity index (χ1) is 8.74. The number of aliphatic hydroxyl groups excluding tert-OH is 1. The Balaban J connectivity index is 1.70. The number of hydrogen-bond acceptors (Lipinski definition) is 4. The number of nitrogens with zero attached hydrogens (tertiary/aromatic N) is 1. The molecule has 2 N–H and O–H groups in total. The molecule has 18 heavy (non-hydrogen) atoms. The van der Waals surface area contributed by atoms with E-state index in [2.05, 4.69) is 29.3 Å². The van der Waals surface area contributed by atoms with Gasteiger partial charge in [0.1, 0.15) is 0 Å². The third-order valence-corrected chi connectivity index (χ3v) is 3.17. The molecule has 1 aliphatic rings. The normalized spacial score (nSPS) is 18.6. The molecule has 1 fully saturated rings. The number of benzene rings is 1. The molecule has 100 valence electrons. The van der Waals surface area contributed by atoms with Gasteiger partial charge in [-0.05, 0) is 19.1 Å². The number of aryl methyl sites for hydroxylation is 1. The molecule has 0 unspecified atom stereocenters. The molecule has 0 aromatic heterocycles. The van der Waals surface area contributed by atoms with Crippen LogP contribution in [0.3, 0.4) is 0 Å². The number of nitrogens with one attached hydrogen (secondary N) is 1. The van der Waals surface area contributed by atoms with Gasteiger partial charge >= 0.3 is 0 Å². The molecule has 1 atom stereocenters. The largest absolute Gasteiger partial charge is 0.390 e. The molecule has 1 aromatic carbocycles. The van der Waals surface area contributed by atoms with Gasteiger partial charge in [-0.1, -0.05) is 17.7 Å². The van der Waals surface area contributed by atoms with Crippen LogP contribution in [0.25, 0.3) is 0 Å². The van der Waals surface area contributed by atoms with Gasteiger partial charge in [-0.2, -0.15) is 0 Å². The first-order valence-corrected chi connectivity index (χ1v) is 6.53. The molecule has 0 spiro atoms. The summed E-state index contributed by atoms with van der Waals surface area (Å²) in [6.45, 7) is 6.75. The third kappa shape index (κ3) is 4.29. The van der Waals surface area contributed by atoms with Gasteiger partial charge in [0.2, 0.25) is 0 Å². The maximum absolute atomic E-state index is 9.97. The van der Waals surface area contributed by atoms with Crippen molar-refractivity contribution in [1.29, 1.82) is 0 Å². The molecule has 1 saturated heterocycles. The summed E-state index contributed by atoms with van der Waals surface area (Å²) in [5, 5.41) is 13.2. The van der Waals surface area contributed by atoms with Crippen molar-refractivity contribution in [3.63, 3.8) is 0 Å². The molecule has 1 aromatic rings. The van der Waals surface area contributed by atoms with E-state index in [1.807, 2.05) is 12.1 Å². The molecule has 4 nitrogen and oxygen atoms in total. The highest BCUT2D eigenvalue weighted by Crippen LogP contribution is 2.08. The summed E-state index contributed by atoms with van der Waals surface area (Å²) < 4.78 is 5.28. The van der Waals surface area contributed by atoms with Gasteiger partial charge in [-0.3, -0.25) is 4.90 Å². The zero-order valence-corrected chi connectivity index (χ0v) is 10.9. The van der Waals surface area contributed by atoms with E-state index in [1.54, 1.807) is 0 Å². The molecule has 0 bridgehead atoms. The van der Waals surface area contributed by atoms with Crippen LogP contribution in [0, 0.1) is 6.92 Å². The average Bonchev–Trinajstić information content (AvgIpc) is 2.39. The highest BCUT2D eigenvalue weighted by molar-refractivity contribution is 5.44. The Morgan fingerprint density at radius 1 is 1.28 bits per heavy atom. The minimum atomic E-state index is -0.343. The summed E-state index contributed by atoms with van der Waals surface area (Å²) in [7, 11) is 0. The number of ether oxygens (including phenoxy) is 1. The van der Waals surface area contributed by atoms with Crippen LogP contribution in [0.5, 0.6) is 0 Å². The van der Waals surface area contributed by atoms with Crippen LogP contribution in [0.1, 0.15) is 5.56 Å². The van der Waals surface area contributed by atoms with E-state index in [4.69, 9.17) is 4.74 Å². The molecular weight excluding hydrogens is 228 g/mol. The van der Waals surface area contributed by atoms with Gasteiger partial charge in [0.15, 0.2) is 0 Å². The third-order valence-electron chi connectivity index (χ3n) is 3.17. The minimum absolute atomic E-state index is 0.343. The molecule has 0 aliphatic carbocycles. The molecule has 1 heterocycles. The lowest BCUT2D eigenvalue weighted by Gasteiger charge is -2.28. The van der Waals surface area contributed by atoms with E-state index in [9.17, 15) is 5.11 Å². The summed E-state index contributed by atoms with van der Waals surface area (Å²) in [6, 6.07) is 8.21. The van der Waals surface area contributed by atoms with Crippen molar-refractivity contribution in [3.05, 3.63) is 29.8 Å². The summed E-state index contributed by atoms with van der Waals surface area (Å²) in [5.41, 5.74) is 2.30. The zero-order chi connectivity index (χ0) is 12.8. The van der Waals surface area contributed by atoms with E-state index in [1.165, 1.54) is 5.56 Å². The van der Waals surface area contributed by atoms with Crippen molar-refractivity contribution < 1.29 is 9.84 Å². The maximum atomic E-state index is 9.97. The Morgan fingerprint density at radius 2 is 1.94 bits per heavy atom. The number of aliphatic hydroxyl groups is 1. The Labute approximate surface area is 109 Å². The molecule has 0 saturated carbocycles. The lowest BCUT2D eigenvalue weighted by Crippen LogP contribution is -2.42. The SMILES string of the molecule is Cc1ccc(NC[C@H](O)CN2CCOCC2)cc1. The topological polar surface area (TPSA) is 44.7 Å². The second-order valence-electron chi connectivity index (χ2n) is 4.81. The van der Waals surface area contributed by atoms with Gasteiger partial charge in [-0.25, -0.2) is 0 Å². The van der Waals surface area contributed by atoms with Crippen molar-refractivity contribution in [2.45, 2.75) is 13.0 Å². The van der Waals surface area contributed by atoms with E-state index in [-0.39, 0.29) is 6.10 Å². The highest BCUT2D eigenvalue weighted by atomic mass is 16.5. The second-order valence-corrected chi connectivity index (χ2v) is 4.81. The standard InChI is InChI=1S/C14H22N2O2/c1-12-2-4-13(5-3-12)15-10-14(17)11-16-6-8-18-9-7-16/h2-5,14-15,17H,6-11H2,1H3/t14-/m0/s1. The fraction of sp³-hybridized carbons (Fsp3) is 0.571. The first kappa shape index (κ1) is 13.3. The molecule has 2 rings (SSSR count). The van der Waals surface area contributed by atoms with Gasteiger partial charge < -0.3 is 15.2 Å². The van der Waals surface area contributed by atoms with E-state index in [0.29, 0.717) is 13.1 Å². The number of β-amino-alcohol motifs (C(OH)–C–C–N with tert-alkyl or cyclic N) is 1. The van der Waals surface area contributed by atoms with Crippen molar-refractivity contribution in [2.75, 3.05) is 44.7 Å². The highest BCUT2D eigenvalue weighted by Gasteiger charge is 2.14. The second kappa shape index (κ2) is 6.73. The Hall–Kier alpha value is -1.10. The fourth-order valence-electron chi connectivity index (χ4n) is 2.05. The zero-order valence-electron chi connectivity index (χ0n) is 10.9. The quantitative estimate of drug-likeness (QED) is 0.821. The Morgan fingerprint density at radius 3 is 2.61 bits per heavy atom. The molecule has 0 radical (unpaired) electrons. The van der Waals surface area contributed by atoms with Gasteiger partial charge in [0.05, 0.1) is 19.3 Å². The summed E-state index contributed by atoms with van der Waals surface area (Å²) in [6.07, 6.45) is -0.343. The monoisotopic (exact) mass is 250 g/mol. The van der Waals surface area contributed by atoms with Crippen LogP contribution in [0.15, 0.2) is 24.3 Å². The maximum Gasteiger partial charge on any atom is 0.0839 e. The fourth-order valence-corrected chi connectivity index (χ4v) is 2.05. The van der Waals surface area contributed by atoms with E-state index in [0.717, 1.165) is 32.0 Å². The number of hydrogen-bond donors (Lipinski definition) is 2. The molecule has 4 heteroatoms. The number of rotatable bonds is 5. The summed E-state index contributed by atoms with van der Waals surface area (Å²) >= 11 is 0. The lowest BCUT2D eigenvalue weighted by molar-refractivity contribution is 0.0171. The van der Waals surface area contributed by atoms with Crippen molar-refractivity contribution in [3.8, 4) is 0 Å². The van der Waals surface area contributed by atoms with Crippen LogP contribution in [0.2, 0.25) is 0 Å². The predicted octanol–water partition coefficient (Wildman–Crippen LogP) is 1.10.